The van der Waals surface area contributed by atoms with Crippen LogP contribution in [0.15, 0.2) is 24.4 Å². The molecule has 6 heteroatoms. The number of carbonyl (C=O) groups excluding carboxylic acids is 1. The van der Waals surface area contributed by atoms with E-state index in [-0.39, 0.29) is 18.3 Å². The van der Waals surface area contributed by atoms with E-state index in [2.05, 4.69) is 15.6 Å². The molecule has 0 saturated carbocycles. The number of amides is 1. The van der Waals surface area contributed by atoms with Crippen molar-refractivity contribution in [3.63, 3.8) is 0 Å². The summed E-state index contributed by atoms with van der Waals surface area (Å²) in [6.45, 7) is 2.92. The van der Waals surface area contributed by atoms with Gasteiger partial charge in [0.25, 0.3) is 5.91 Å². The lowest BCUT2D eigenvalue weighted by atomic mass is 10.0. The largest absolute Gasteiger partial charge is 0.385 e. The molecule has 0 atom stereocenters. The van der Waals surface area contributed by atoms with Crippen LogP contribution in [0.3, 0.4) is 0 Å². The van der Waals surface area contributed by atoms with Crippen molar-refractivity contribution in [2.75, 3.05) is 17.2 Å². The molecule has 4 nitrogen and oxygen atoms in total. The van der Waals surface area contributed by atoms with Gasteiger partial charge in [-0.3, -0.25) is 4.79 Å². The number of aryl methyl sites for hydroxylation is 2. The van der Waals surface area contributed by atoms with Gasteiger partial charge in [0, 0.05) is 17.9 Å². The standard InChI is InChI=1S/C14H15N3OS.ClH/c1-9-16-8-13(19-9)14(18)17-11-4-5-12-10(7-11)3-2-6-15-12;/h4-5,7-8,15H,2-3,6H2,1H3,(H,17,18);1H. The zero-order chi connectivity index (χ0) is 13.2. The summed E-state index contributed by atoms with van der Waals surface area (Å²) in [5.74, 6) is -0.0886. The number of thiazole rings is 1. The summed E-state index contributed by atoms with van der Waals surface area (Å²) >= 11 is 1.41. The minimum Gasteiger partial charge on any atom is -0.385 e. The van der Waals surface area contributed by atoms with E-state index >= 15 is 0 Å². The van der Waals surface area contributed by atoms with E-state index in [4.69, 9.17) is 0 Å². The fraction of sp³-hybridized carbons (Fsp3) is 0.286. The Morgan fingerprint density at radius 2 is 2.30 bits per heavy atom. The van der Waals surface area contributed by atoms with Crippen molar-refractivity contribution in [2.24, 2.45) is 0 Å². The maximum atomic E-state index is 12.0. The van der Waals surface area contributed by atoms with Gasteiger partial charge in [-0.1, -0.05) is 0 Å². The van der Waals surface area contributed by atoms with E-state index in [0.29, 0.717) is 4.88 Å². The molecule has 0 fully saturated rings. The number of anilines is 2. The van der Waals surface area contributed by atoms with Gasteiger partial charge in [0.2, 0.25) is 0 Å². The Bertz CT molecular complexity index is 627. The van der Waals surface area contributed by atoms with E-state index in [1.54, 1.807) is 6.20 Å². The van der Waals surface area contributed by atoms with E-state index in [9.17, 15) is 4.79 Å². The molecule has 1 aromatic carbocycles. The lowest BCUT2D eigenvalue weighted by Gasteiger charge is -2.18. The second-order valence-corrected chi connectivity index (χ2v) is 5.83. The third-order valence-corrected chi connectivity index (χ3v) is 4.06. The fourth-order valence-electron chi connectivity index (χ4n) is 2.21. The highest BCUT2D eigenvalue weighted by Gasteiger charge is 2.12. The van der Waals surface area contributed by atoms with Crippen LogP contribution in [0.1, 0.15) is 26.7 Å². The lowest BCUT2D eigenvalue weighted by Crippen LogP contribution is -2.14. The van der Waals surface area contributed by atoms with Crippen molar-refractivity contribution in [1.29, 1.82) is 0 Å². The van der Waals surface area contributed by atoms with Crippen molar-refractivity contribution >= 4 is 41.0 Å². The van der Waals surface area contributed by atoms with Crippen molar-refractivity contribution in [3.8, 4) is 0 Å². The average molecular weight is 310 g/mol. The Hall–Kier alpha value is -1.59. The number of aromatic nitrogens is 1. The van der Waals surface area contributed by atoms with Gasteiger partial charge >= 0.3 is 0 Å². The lowest BCUT2D eigenvalue weighted by molar-refractivity contribution is 0.103. The van der Waals surface area contributed by atoms with Gasteiger partial charge in [0.1, 0.15) is 4.88 Å². The van der Waals surface area contributed by atoms with Gasteiger partial charge in [-0.25, -0.2) is 4.98 Å². The zero-order valence-corrected chi connectivity index (χ0v) is 12.7. The molecular formula is C14H16ClN3OS. The van der Waals surface area contributed by atoms with Crippen LogP contribution in [-0.4, -0.2) is 17.4 Å². The number of carbonyl (C=O) groups is 1. The number of hydrogen-bond acceptors (Lipinski definition) is 4. The topological polar surface area (TPSA) is 54.0 Å². The molecule has 1 aliphatic heterocycles. The number of rotatable bonds is 2. The molecule has 2 N–H and O–H groups in total. The molecule has 0 radical (unpaired) electrons. The first kappa shape index (κ1) is 14.8. The second kappa shape index (κ2) is 6.24. The molecule has 1 aromatic heterocycles. The highest BCUT2D eigenvalue weighted by atomic mass is 35.5. The van der Waals surface area contributed by atoms with Crippen LogP contribution in [0.2, 0.25) is 0 Å². The number of halogens is 1. The van der Waals surface area contributed by atoms with Crippen LogP contribution in [0.5, 0.6) is 0 Å². The zero-order valence-electron chi connectivity index (χ0n) is 11.1. The molecule has 2 aromatic rings. The average Bonchev–Trinajstić information content (AvgIpc) is 2.85. The highest BCUT2D eigenvalue weighted by Crippen LogP contribution is 2.25. The van der Waals surface area contributed by atoms with Crippen LogP contribution >= 0.6 is 23.7 Å². The molecule has 0 spiro atoms. The van der Waals surface area contributed by atoms with Gasteiger partial charge in [-0.05, 0) is 43.5 Å². The Morgan fingerprint density at radius 3 is 3.05 bits per heavy atom. The smallest absolute Gasteiger partial charge is 0.267 e. The summed E-state index contributed by atoms with van der Waals surface area (Å²) in [4.78, 5) is 16.8. The van der Waals surface area contributed by atoms with Crippen molar-refractivity contribution in [2.45, 2.75) is 19.8 Å². The molecule has 20 heavy (non-hydrogen) atoms. The molecule has 1 aliphatic rings. The first-order valence-electron chi connectivity index (χ1n) is 6.33. The first-order valence-corrected chi connectivity index (χ1v) is 7.14. The number of nitrogens with one attached hydrogen (secondary N) is 2. The predicted octanol–water partition coefficient (Wildman–Crippen LogP) is 3.48. The number of hydrogen-bond donors (Lipinski definition) is 2. The monoisotopic (exact) mass is 309 g/mol. The Kier molecular flexibility index (Phi) is 4.62. The van der Waals surface area contributed by atoms with Crippen LogP contribution in [0, 0.1) is 6.92 Å². The van der Waals surface area contributed by atoms with E-state index in [1.807, 2.05) is 25.1 Å². The molecule has 2 heterocycles. The number of benzene rings is 1. The molecule has 3 rings (SSSR count). The van der Waals surface area contributed by atoms with Crippen LogP contribution in [0.4, 0.5) is 11.4 Å². The third-order valence-electron chi connectivity index (χ3n) is 3.15. The number of fused-ring (bicyclic) bond motifs is 1. The van der Waals surface area contributed by atoms with Gasteiger partial charge in [-0.2, -0.15) is 0 Å². The van der Waals surface area contributed by atoms with Gasteiger partial charge in [-0.15, -0.1) is 23.7 Å². The SMILES string of the molecule is Cc1ncc(C(=O)Nc2ccc3c(c2)CCCN3)s1.Cl. The Morgan fingerprint density at radius 1 is 1.45 bits per heavy atom. The van der Waals surface area contributed by atoms with Crippen molar-refractivity contribution in [1.82, 2.24) is 4.98 Å². The van der Waals surface area contributed by atoms with Gasteiger partial charge < -0.3 is 10.6 Å². The molecule has 0 saturated heterocycles. The van der Waals surface area contributed by atoms with E-state index in [1.165, 1.54) is 22.6 Å². The molecule has 106 valence electrons. The Labute approximate surface area is 128 Å². The molecule has 0 unspecified atom stereocenters. The quantitative estimate of drug-likeness (QED) is 0.893. The Balaban J connectivity index is 0.00000147. The van der Waals surface area contributed by atoms with Crippen molar-refractivity contribution < 1.29 is 4.79 Å². The van der Waals surface area contributed by atoms with Crippen LogP contribution in [0.25, 0.3) is 0 Å². The molecule has 0 bridgehead atoms. The summed E-state index contributed by atoms with van der Waals surface area (Å²) < 4.78 is 0. The van der Waals surface area contributed by atoms with E-state index < -0.39 is 0 Å². The van der Waals surface area contributed by atoms with E-state index in [0.717, 1.165) is 30.1 Å². The van der Waals surface area contributed by atoms with Crippen LogP contribution < -0.4 is 10.6 Å². The molecule has 0 aliphatic carbocycles. The third kappa shape index (κ3) is 3.11. The summed E-state index contributed by atoms with van der Waals surface area (Å²) in [6, 6.07) is 6.01. The maximum Gasteiger partial charge on any atom is 0.267 e. The van der Waals surface area contributed by atoms with Crippen LogP contribution in [-0.2, 0) is 6.42 Å². The van der Waals surface area contributed by atoms with Gasteiger partial charge in [0.05, 0.1) is 11.2 Å². The molecule has 1 amide bonds. The minimum absolute atomic E-state index is 0. The predicted molar refractivity (Wildman–Crippen MR) is 85.3 cm³/mol. The van der Waals surface area contributed by atoms with Crippen molar-refractivity contribution in [3.05, 3.63) is 39.8 Å². The summed E-state index contributed by atoms with van der Waals surface area (Å²) in [5.41, 5.74) is 3.29. The fourth-order valence-corrected chi connectivity index (χ4v) is 2.88. The maximum absolute atomic E-state index is 12.0. The summed E-state index contributed by atoms with van der Waals surface area (Å²) in [6.07, 6.45) is 3.82. The number of nitrogens with zero attached hydrogens (tertiary/aromatic N) is 1. The second-order valence-electron chi connectivity index (χ2n) is 4.60. The minimum atomic E-state index is -0.0886. The van der Waals surface area contributed by atoms with Gasteiger partial charge in [0.15, 0.2) is 0 Å². The first-order chi connectivity index (χ1) is 9.22. The normalized spacial score (nSPS) is 12.8. The molecular weight excluding hydrogens is 294 g/mol. The summed E-state index contributed by atoms with van der Waals surface area (Å²) in [7, 11) is 0. The summed E-state index contributed by atoms with van der Waals surface area (Å²) in [5, 5.41) is 7.19. The highest BCUT2D eigenvalue weighted by molar-refractivity contribution is 7.13.